The lowest BCUT2D eigenvalue weighted by atomic mass is 10.3. The Labute approximate surface area is 89.4 Å². The molecule has 0 amide bonds. The van der Waals surface area contributed by atoms with E-state index in [4.69, 9.17) is 9.84 Å². The molecule has 5 heteroatoms. The summed E-state index contributed by atoms with van der Waals surface area (Å²) in [7, 11) is -2.91. The van der Waals surface area contributed by atoms with Gasteiger partial charge in [0.05, 0.1) is 12.4 Å². The Morgan fingerprint density at radius 3 is 2.40 bits per heavy atom. The molecular weight excluding hydrogens is 216 g/mol. The van der Waals surface area contributed by atoms with Gasteiger partial charge in [-0.2, -0.15) is 0 Å². The van der Waals surface area contributed by atoms with Gasteiger partial charge in [-0.15, -0.1) is 0 Å². The fraction of sp³-hybridized carbons (Fsp3) is 0.400. The smallest absolute Gasteiger partial charge is 0.147 e. The summed E-state index contributed by atoms with van der Waals surface area (Å²) >= 11 is 0. The molecule has 0 spiro atoms. The molecule has 0 fully saturated rings. The molecule has 0 aliphatic carbocycles. The summed E-state index contributed by atoms with van der Waals surface area (Å²) in [4.78, 5) is 0. The topological polar surface area (TPSA) is 63.6 Å². The maximum absolute atomic E-state index is 10.8. The molecule has 0 aliphatic rings. The van der Waals surface area contributed by atoms with Gasteiger partial charge in [0.15, 0.2) is 0 Å². The monoisotopic (exact) mass is 230 g/mol. The fourth-order valence-electron chi connectivity index (χ4n) is 1.05. The maximum Gasteiger partial charge on any atom is 0.147 e. The van der Waals surface area contributed by atoms with Gasteiger partial charge in [0.1, 0.15) is 21.3 Å². The summed E-state index contributed by atoms with van der Waals surface area (Å²) in [6.07, 6.45) is 1.67. The number of benzene rings is 1. The zero-order chi connectivity index (χ0) is 11.3. The molecule has 0 aliphatic heterocycles. The molecule has 0 unspecified atom stereocenters. The largest absolute Gasteiger partial charge is 0.508 e. The average Bonchev–Trinajstić information content (AvgIpc) is 2.14. The van der Waals surface area contributed by atoms with E-state index in [0.717, 1.165) is 0 Å². The SMILES string of the molecule is CS(=O)(=O)CCCOc1ccc(O)cc1. The molecule has 0 radical (unpaired) electrons. The molecule has 84 valence electrons. The zero-order valence-electron chi connectivity index (χ0n) is 8.51. The van der Waals surface area contributed by atoms with Crippen LogP contribution in [0.15, 0.2) is 24.3 Å². The van der Waals surface area contributed by atoms with E-state index < -0.39 is 9.84 Å². The number of phenolic OH excluding ortho intramolecular Hbond substituents is 1. The number of sulfone groups is 1. The van der Waals surface area contributed by atoms with Gasteiger partial charge in [0.2, 0.25) is 0 Å². The van der Waals surface area contributed by atoms with Crippen LogP contribution < -0.4 is 4.74 Å². The standard InChI is InChI=1S/C10H14O4S/c1-15(12,13)8-2-7-14-10-5-3-9(11)4-6-10/h3-6,11H,2,7-8H2,1H3. The van der Waals surface area contributed by atoms with Crippen LogP contribution in [0.5, 0.6) is 11.5 Å². The lowest BCUT2D eigenvalue weighted by Gasteiger charge is -2.05. The van der Waals surface area contributed by atoms with Crippen molar-refractivity contribution < 1.29 is 18.3 Å². The molecule has 0 heterocycles. The van der Waals surface area contributed by atoms with Crippen LogP contribution in [0.2, 0.25) is 0 Å². The summed E-state index contributed by atoms with van der Waals surface area (Å²) < 4.78 is 26.9. The molecule has 0 saturated heterocycles. The minimum Gasteiger partial charge on any atom is -0.508 e. The lowest BCUT2D eigenvalue weighted by molar-refractivity contribution is 0.317. The van der Waals surface area contributed by atoms with Crippen molar-refractivity contribution in [1.82, 2.24) is 0 Å². The number of phenols is 1. The Balaban J connectivity index is 2.29. The Hall–Kier alpha value is -1.23. The van der Waals surface area contributed by atoms with Crippen molar-refractivity contribution in [2.75, 3.05) is 18.6 Å². The van der Waals surface area contributed by atoms with Crippen molar-refractivity contribution in [3.63, 3.8) is 0 Å². The van der Waals surface area contributed by atoms with Gasteiger partial charge in [0, 0.05) is 6.26 Å². The highest BCUT2D eigenvalue weighted by Gasteiger charge is 2.01. The van der Waals surface area contributed by atoms with Gasteiger partial charge in [-0.25, -0.2) is 8.42 Å². The van der Waals surface area contributed by atoms with Gasteiger partial charge >= 0.3 is 0 Å². The lowest BCUT2D eigenvalue weighted by Crippen LogP contribution is -2.07. The average molecular weight is 230 g/mol. The van der Waals surface area contributed by atoms with Crippen molar-refractivity contribution in [2.24, 2.45) is 0 Å². The first-order chi connectivity index (χ1) is 6.97. The molecule has 0 atom stereocenters. The molecule has 1 N–H and O–H groups in total. The summed E-state index contributed by atoms with van der Waals surface area (Å²) in [5.74, 6) is 0.935. The first kappa shape index (κ1) is 11.8. The molecule has 1 rings (SSSR count). The second-order valence-corrected chi connectivity index (χ2v) is 5.59. The molecule has 1 aromatic carbocycles. The maximum atomic E-state index is 10.8. The van der Waals surface area contributed by atoms with Crippen LogP contribution in [0.1, 0.15) is 6.42 Å². The highest BCUT2D eigenvalue weighted by molar-refractivity contribution is 7.90. The summed E-state index contributed by atoms with van der Waals surface area (Å²) in [6.45, 7) is 0.359. The van der Waals surface area contributed by atoms with Crippen LogP contribution in [0, 0.1) is 0 Å². The van der Waals surface area contributed by atoms with E-state index in [-0.39, 0.29) is 11.5 Å². The third-order valence-electron chi connectivity index (χ3n) is 1.76. The van der Waals surface area contributed by atoms with E-state index in [2.05, 4.69) is 0 Å². The number of ether oxygens (including phenoxy) is 1. The Morgan fingerprint density at radius 1 is 1.27 bits per heavy atom. The van der Waals surface area contributed by atoms with Gasteiger partial charge in [-0.05, 0) is 30.7 Å². The molecule has 0 bridgehead atoms. The van der Waals surface area contributed by atoms with E-state index in [1.807, 2.05) is 0 Å². The third-order valence-corrected chi connectivity index (χ3v) is 2.80. The van der Waals surface area contributed by atoms with Gasteiger partial charge in [-0.1, -0.05) is 0 Å². The second-order valence-electron chi connectivity index (χ2n) is 3.33. The van der Waals surface area contributed by atoms with Crippen LogP contribution in [-0.2, 0) is 9.84 Å². The van der Waals surface area contributed by atoms with Crippen LogP contribution in [0.25, 0.3) is 0 Å². The summed E-state index contributed by atoms with van der Waals surface area (Å²) in [5, 5.41) is 9.00. The Kier molecular flexibility index (Phi) is 3.96. The zero-order valence-corrected chi connectivity index (χ0v) is 9.33. The van der Waals surface area contributed by atoms with Gasteiger partial charge < -0.3 is 9.84 Å². The first-order valence-electron chi connectivity index (χ1n) is 4.57. The highest BCUT2D eigenvalue weighted by Crippen LogP contribution is 2.15. The van der Waals surface area contributed by atoms with Crippen LogP contribution in [0.4, 0.5) is 0 Å². The summed E-state index contributed by atoms with van der Waals surface area (Å²) in [5.41, 5.74) is 0. The molecule has 15 heavy (non-hydrogen) atoms. The normalized spacial score (nSPS) is 11.3. The van der Waals surface area contributed by atoms with Crippen molar-refractivity contribution in [3.05, 3.63) is 24.3 Å². The predicted molar refractivity (Wildman–Crippen MR) is 57.9 cm³/mol. The fourth-order valence-corrected chi connectivity index (χ4v) is 1.70. The van der Waals surface area contributed by atoms with Crippen molar-refractivity contribution >= 4 is 9.84 Å². The second kappa shape index (κ2) is 5.02. The van der Waals surface area contributed by atoms with Crippen molar-refractivity contribution in [3.8, 4) is 11.5 Å². The van der Waals surface area contributed by atoms with Crippen molar-refractivity contribution in [1.29, 1.82) is 0 Å². The molecular formula is C10H14O4S. The Bertz CT molecular complexity index is 394. The van der Waals surface area contributed by atoms with E-state index >= 15 is 0 Å². The number of aromatic hydroxyl groups is 1. The minimum absolute atomic E-state index is 0.130. The van der Waals surface area contributed by atoms with Crippen LogP contribution >= 0.6 is 0 Å². The van der Waals surface area contributed by atoms with E-state index in [0.29, 0.717) is 18.8 Å². The minimum atomic E-state index is -2.91. The predicted octanol–water partition coefficient (Wildman–Crippen LogP) is 1.21. The molecule has 0 aromatic heterocycles. The molecule has 0 saturated carbocycles. The van der Waals surface area contributed by atoms with Crippen LogP contribution in [-0.4, -0.2) is 32.1 Å². The van der Waals surface area contributed by atoms with E-state index in [1.54, 1.807) is 12.1 Å². The summed E-state index contributed by atoms with van der Waals surface area (Å²) in [6, 6.07) is 6.31. The first-order valence-corrected chi connectivity index (χ1v) is 6.63. The third kappa shape index (κ3) is 5.27. The number of hydrogen-bond acceptors (Lipinski definition) is 4. The molecule has 4 nitrogen and oxygen atoms in total. The van der Waals surface area contributed by atoms with Crippen LogP contribution in [0.3, 0.4) is 0 Å². The van der Waals surface area contributed by atoms with E-state index in [1.165, 1.54) is 18.4 Å². The highest BCUT2D eigenvalue weighted by atomic mass is 32.2. The van der Waals surface area contributed by atoms with Crippen molar-refractivity contribution in [2.45, 2.75) is 6.42 Å². The number of rotatable bonds is 5. The van der Waals surface area contributed by atoms with Gasteiger partial charge in [-0.3, -0.25) is 0 Å². The number of hydrogen-bond donors (Lipinski definition) is 1. The Morgan fingerprint density at radius 2 is 1.87 bits per heavy atom. The van der Waals surface area contributed by atoms with Gasteiger partial charge in [0.25, 0.3) is 0 Å². The molecule has 1 aromatic rings. The quantitative estimate of drug-likeness (QED) is 0.772. The van der Waals surface area contributed by atoms with E-state index in [9.17, 15) is 8.42 Å².